The van der Waals surface area contributed by atoms with Crippen LogP contribution in [-0.2, 0) is 9.53 Å². The summed E-state index contributed by atoms with van der Waals surface area (Å²) in [7, 11) is 1.67. The third-order valence-corrected chi connectivity index (χ3v) is 3.82. The largest absolute Gasteiger partial charge is 0.379 e. The zero-order valence-corrected chi connectivity index (χ0v) is 14.0. The number of carbonyl (C=O) groups excluding carboxylic acids is 1. The minimum atomic E-state index is -0.286. The number of aryl methyl sites for hydroxylation is 2. The lowest BCUT2D eigenvalue weighted by molar-refractivity contribution is -0.683. The first-order chi connectivity index (χ1) is 11.1. The van der Waals surface area contributed by atoms with E-state index in [-0.39, 0.29) is 11.9 Å². The first-order valence-corrected chi connectivity index (χ1v) is 7.87. The lowest BCUT2D eigenvalue weighted by Crippen LogP contribution is -2.88. The van der Waals surface area contributed by atoms with Crippen molar-refractivity contribution < 1.29 is 14.8 Å². The van der Waals surface area contributed by atoms with Crippen LogP contribution in [0.1, 0.15) is 22.7 Å². The molecule has 0 aliphatic carbocycles. The molecule has 23 heavy (non-hydrogen) atoms. The molecule has 3 N–H and O–H groups in total. The second-order valence-corrected chi connectivity index (χ2v) is 5.71. The topological polar surface area (TPSA) is 54.9 Å². The first kappa shape index (κ1) is 17.2. The maximum Gasteiger partial charge on any atom is 0.287 e. The van der Waals surface area contributed by atoms with Crippen molar-refractivity contribution >= 4 is 11.6 Å². The van der Waals surface area contributed by atoms with Crippen molar-refractivity contribution in [1.29, 1.82) is 0 Å². The van der Waals surface area contributed by atoms with Crippen LogP contribution in [0.2, 0.25) is 0 Å². The molecule has 4 nitrogen and oxygen atoms in total. The van der Waals surface area contributed by atoms with E-state index in [0.717, 1.165) is 28.9 Å². The van der Waals surface area contributed by atoms with Gasteiger partial charge in [0.15, 0.2) is 6.04 Å². The second kappa shape index (κ2) is 8.46. The fraction of sp³-hybridized carbons (Fsp3) is 0.316. The van der Waals surface area contributed by atoms with E-state index >= 15 is 0 Å². The summed E-state index contributed by atoms with van der Waals surface area (Å²) in [4.78, 5) is 12.8. The van der Waals surface area contributed by atoms with Crippen molar-refractivity contribution in [1.82, 2.24) is 0 Å². The van der Waals surface area contributed by atoms with Gasteiger partial charge in [-0.1, -0.05) is 42.5 Å². The summed E-state index contributed by atoms with van der Waals surface area (Å²) in [5.74, 6) is -0.0130. The Labute approximate surface area is 137 Å². The van der Waals surface area contributed by atoms with Gasteiger partial charge in [0, 0.05) is 18.4 Å². The zero-order chi connectivity index (χ0) is 16.7. The monoisotopic (exact) mass is 313 g/mol. The molecule has 1 atom stereocenters. The molecule has 0 saturated carbocycles. The Kier molecular flexibility index (Phi) is 6.32. The van der Waals surface area contributed by atoms with Crippen molar-refractivity contribution in [3.05, 3.63) is 65.2 Å². The number of hydrogen-bond acceptors (Lipinski definition) is 2. The van der Waals surface area contributed by atoms with Crippen molar-refractivity contribution in [3.8, 4) is 0 Å². The number of amides is 1. The highest BCUT2D eigenvalue weighted by Gasteiger charge is 2.24. The number of quaternary nitrogens is 1. The summed E-state index contributed by atoms with van der Waals surface area (Å²) in [5.41, 5.74) is 4.06. The molecular weight excluding hydrogens is 288 g/mol. The van der Waals surface area contributed by atoms with Gasteiger partial charge in [-0.05, 0) is 31.0 Å². The summed E-state index contributed by atoms with van der Waals surface area (Å²) in [6, 6.07) is 15.6. The molecule has 0 spiro atoms. The highest BCUT2D eigenvalue weighted by atomic mass is 16.5. The van der Waals surface area contributed by atoms with Gasteiger partial charge in [0.2, 0.25) is 0 Å². The zero-order valence-electron chi connectivity index (χ0n) is 14.0. The molecule has 0 heterocycles. The fourth-order valence-electron chi connectivity index (χ4n) is 2.49. The van der Waals surface area contributed by atoms with Crippen molar-refractivity contribution in [2.24, 2.45) is 0 Å². The maximum atomic E-state index is 12.8. The van der Waals surface area contributed by atoms with E-state index < -0.39 is 0 Å². The Balaban J connectivity index is 2.17. The van der Waals surface area contributed by atoms with Crippen LogP contribution in [0, 0.1) is 13.8 Å². The molecule has 2 rings (SSSR count). The van der Waals surface area contributed by atoms with Crippen molar-refractivity contribution in [2.75, 3.05) is 25.6 Å². The van der Waals surface area contributed by atoms with Crippen LogP contribution in [0.3, 0.4) is 0 Å². The normalized spacial score (nSPS) is 12.0. The van der Waals surface area contributed by atoms with Gasteiger partial charge >= 0.3 is 0 Å². The summed E-state index contributed by atoms with van der Waals surface area (Å²) in [5, 5.41) is 5.08. The van der Waals surface area contributed by atoms with E-state index in [1.54, 1.807) is 7.11 Å². The third kappa shape index (κ3) is 4.91. The number of hydrogen-bond donors (Lipinski definition) is 2. The number of benzene rings is 2. The van der Waals surface area contributed by atoms with E-state index in [0.29, 0.717) is 6.61 Å². The summed E-state index contributed by atoms with van der Waals surface area (Å²) in [6.07, 6.45) is 0. The van der Waals surface area contributed by atoms with E-state index in [2.05, 4.69) is 5.32 Å². The molecule has 4 heteroatoms. The van der Waals surface area contributed by atoms with E-state index in [4.69, 9.17) is 4.74 Å². The number of nitrogens with one attached hydrogen (secondary N) is 1. The highest BCUT2D eigenvalue weighted by molar-refractivity contribution is 5.95. The van der Waals surface area contributed by atoms with Gasteiger partial charge in [0.25, 0.3) is 5.91 Å². The van der Waals surface area contributed by atoms with Gasteiger partial charge < -0.3 is 15.4 Å². The maximum absolute atomic E-state index is 12.8. The predicted molar refractivity (Wildman–Crippen MR) is 92.4 cm³/mol. The van der Waals surface area contributed by atoms with Crippen LogP contribution in [0.4, 0.5) is 5.69 Å². The van der Waals surface area contributed by atoms with Crippen molar-refractivity contribution in [2.45, 2.75) is 19.9 Å². The number of methoxy groups -OCH3 is 1. The average molecular weight is 313 g/mol. The Morgan fingerprint density at radius 3 is 2.61 bits per heavy atom. The molecule has 0 bridgehead atoms. The van der Waals surface area contributed by atoms with E-state index in [1.165, 1.54) is 0 Å². The molecule has 0 unspecified atom stereocenters. The van der Waals surface area contributed by atoms with Gasteiger partial charge in [0.05, 0.1) is 6.61 Å². The number of nitrogens with two attached hydrogens (primary N) is 1. The lowest BCUT2D eigenvalue weighted by Gasteiger charge is -2.17. The van der Waals surface area contributed by atoms with Gasteiger partial charge in [-0.3, -0.25) is 4.79 Å². The number of ether oxygens (including phenoxy) is 1. The minimum absolute atomic E-state index is 0.0130. The van der Waals surface area contributed by atoms with E-state index in [9.17, 15) is 4.79 Å². The highest BCUT2D eigenvalue weighted by Crippen LogP contribution is 2.18. The molecule has 122 valence electrons. The number of carbonyl (C=O) groups is 1. The second-order valence-electron chi connectivity index (χ2n) is 5.71. The van der Waals surface area contributed by atoms with Crippen LogP contribution < -0.4 is 10.6 Å². The molecular formula is C19H25N2O2+. The van der Waals surface area contributed by atoms with Crippen molar-refractivity contribution in [3.63, 3.8) is 0 Å². The molecule has 0 saturated heterocycles. The molecule has 0 aromatic heterocycles. The Morgan fingerprint density at radius 1 is 1.17 bits per heavy atom. The molecule has 0 fully saturated rings. The smallest absolute Gasteiger partial charge is 0.287 e. The van der Waals surface area contributed by atoms with Crippen LogP contribution in [-0.4, -0.2) is 26.2 Å². The Hall–Kier alpha value is -2.17. The molecule has 2 aromatic rings. The Morgan fingerprint density at radius 2 is 1.91 bits per heavy atom. The lowest BCUT2D eigenvalue weighted by atomic mass is 10.1. The van der Waals surface area contributed by atoms with Gasteiger partial charge in [0.1, 0.15) is 6.54 Å². The average Bonchev–Trinajstić information content (AvgIpc) is 2.56. The van der Waals surface area contributed by atoms with Crippen LogP contribution in [0.15, 0.2) is 48.5 Å². The summed E-state index contributed by atoms with van der Waals surface area (Å²) >= 11 is 0. The summed E-state index contributed by atoms with van der Waals surface area (Å²) in [6.45, 7) is 5.37. The predicted octanol–water partition coefficient (Wildman–Crippen LogP) is 2.19. The third-order valence-electron chi connectivity index (χ3n) is 3.82. The van der Waals surface area contributed by atoms with Crippen LogP contribution >= 0.6 is 0 Å². The van der Waals surface area contributed by atoms with Gasteiger partial charge in [-0.2, -0.15) is 0 Å². The van der Waals surface area contributed by atoms with Crippen LogP contribution in [0.25, 0.3) is 0 Å². The molecule has 0 radical (unpaired) electrons. The minimum Gasteiger partial charge on any atom is -0.379 e. The number of anilines is 1. The molecule has 0 aliphatic heterocycles. The van der Waals surface area contributed by atoms with Crippen LogP contribution in [0.5, 0.6) is 0 Å². The summed E-state index contributed by atoms with van der Waals surface area (Å²) < 4.78 is 5.10. The molecule has 1 amide bonds. The molecule has 0 aliphatic rings. The van der Waals surface area contributed by atoms with Gasteiger partial charge in [-0.15, -0.1) is 0 Å². The molecule has 2 aromatic carbocycles. The quantitative estimate of drug-likeness (QED) is 0.770. The van der Waals surface area contributed by atoms with Gasteiger partial charge in [-0.25, -0.2) is 0 Å². The number of rotatable bonds is 7. The standard InChI is InChI=1S/C19H24N2O2/c1-14-9-10-15(2)17(13-14)21-19(22)18(20-11-12-23-3)16-7-5-4-6-8-16/h4-10,13,18,20H,11-12H2,1-3H3,(H,21,22)/p+1/t18-/m1/s1. The first-order valence-electron chi connectivity index (χ1n) is 7.87. The Bertz CT molecular complexity index is 641. The fourth-order valence-corrected chi connectivity index (χ4v) is 2.49. The SMILES string of the molecule is COCC[NH2+][C@@H](C(=O)Nc1cc(C)ccc1C)c1ccccc1. The van der Waals surface area contributed by atoms with E-state index in [1.807, 2.05) is 67.7 Å².